The molecular weight excluding hydrogens is 308 g/mol. The molecule has 0 fully saturated rings. The maximum absolute atomic E-state index is 12.0. The van der Waals surface area contributed by atoms with E-state index in [-0.39, 0.29) is 18.7 Å². The summed E-state index contributed by atoms with van der Waals surface area (Å²) in [5, 5.41) is 14.6. The molecule has 1 N–H and O–H groups in total. The van der Waals surface area contributed by atoms with Crippen molar-refractivity contribution in [3.8, 4) is 0 Å². The Bertz CT molecular complexity index is 773. The number of aryl methyl sites for hydroxylation is 3. The molecule has 1 heterocycles. The first-order chi connectivity index (χ1) is 11.4. The Kier molecular flexibility index (Phi) is 5.52. The SMILES string of the molecule is C/C(=N/NC(=O)c1ccc(C)cc1)c1cc(CCC(=O)[O-])oc1C. The zero-order valence-electron chi connectivity index (χ0n) is 13.9. The van der Waals surface area contributed by atoms with Gasteiger partial charge in [0.15, 0.2) is 0 Å². The molecule has 6 heteroatoms. The molecule has 2 aromatic rings. The maximum atomic E-state index is 12.0. The van der Waals surface area contributed by atoms with Crippen LogP contribution in [0.25, 0.3) is 0 Å². The van der Waals surface area contributed by atoms with Crippen molar-refractivity contribution in [2.45, 2.75) is 33.6 Å². The molecule has 1 aromatic heterocycles. The van der Waals surface area contributed by atoms with Crippen LogP contribution >= 0.6 is 0 Å². The van der Waals surface area contributed by atoms with Crippen molar-refractivity contribution >= 4 is 17.6 Å². The minimum absolute atomic E-state index is 0.104. The van der Waals surface area contributed by atoms with Gasteiger partial charge in [0.1, 0.15) is 11.5 Å². The van der Waals surface area contributed by atoms with E-state index in [9.17, 15) is 14.7 Å². The summed E-state index contributed by atoms with van der Waals surface area (Å²) in [4.78, 5) is 22.6. The molecule has 0 aliphatic rings. The Morgan fingerprint density at radius 3 is 2.50 bits per heavy atom. The summed E-state index contributed by atoms with van der Waals surface area (Å²) in [6.07, 6.45) is 0.152. The van der Waals surface area contributed by atoms with Crippen LogP contribution in [0.2, 0.25) is 0 Å². The van der Waals surface area contributed by atoms with Crippen molar-refractivity contribution in [2.24, 2.45) is 5.10 Å². The van der Waals surface area contributed by atoms with E-state index < -0.39 is 5.97 Å². The second-order valence-electron chi connectivity index (χ2n) is 5.56. The molecule has 0 atom stereocenters. The van der Waals surface area contributed by atoms with E-state index in [2.05, 4.69) is 10.5 Å². The number of aliphatic carboxylic acids is 1. The lowest BCUT2D eigenvalue weighted by Crippen LogP contribution is -2.22. The molecule has 0 bridgehead atoms. The summed E-state index contributed by atoms with van der Waals surface area (Å²) in [6, 6.07) is 8.91. The zero-order chi connectivity index (χ0) is 17.7. The smallest absolute Gasteiger partial charge is 0.271 e. The fraction of sp³-hybridized carbons (Fsp3) is 0.278. The van der Waals surface area contributed by atoms with Crippen LogP contribution in [0.4, 0.5) is 0 Å². The molecule has 24 heavy (non-hydrogen) atoms. The highest BCUT2D eigenvalue weighted by atomic mass is 16.4. The molecule has 0 aliphatic heterocycles. The summed E-state index contributed by atoms with van der Waals surface area (Å²) < 4.78 is 5.51. The van der Waals surface area contributed by atoms with Gasteiger partial charge >= 0.3 is 0 Å². The minimum atomic E-state index is -1.12. The monoisotopic (exact) mass is 327 g/mol. The predicted octanol–water partition coefficient (Wildman–Crippen LogP) is 1.73. The number of carboxylic acids is 1. The number of nitrogens with one attached hydrogen (secondary N) is 1. The average molecular weight is 327 g/mol. The van der Waals surface area contributed by atoms with Crippen molar-refractivity contribution in [1.82, 2.24) is 5.43 Å². The van der Waals surface area contributed by atoms with Gasteiger partial charge in [0.05, 0.1) is 5.71 Å². The topological polar surface area (TPSA) is 94.7 Å². The fourth-order valence-electron chi connectivity index (χ4n) is 2.22. The number of rotatable bonds is 6. The first-order valence-corrected chi connectivity index (χ1v) is 7.57. The summed E-state index contributed by atoms with van der Waals surface area (Å²) >= 11 is 0. The second kappa shape index (κ2) is 7.59. The standard InChI is InChI=1S/C18H20N2O4/c1-11-4-6-14(7-5-11)18(23)20-19-12(2)16-10-15(24-13(16)3)8-9-17(21)22/h4-7,10H,8-9H2,1-3H3,(H,20,23)(H,21,22)/p-1/b19-12-. The molecule has 0 saturated carbocycles. The molecule has 6 nitrogen and oxygen atoms in total. The van der Waals surface area contributed by atoms with Crippen molar-refractivity contribution in [3.05, 3.63) is 58.5 Å². The molecule has 126 valence electrons. The predicted molar refractivity (Wildman–Crippen MR) is 87.6 cm³/mol. The Hall–Kier alpha value is -2.89. The van der Waals surface area contributed by atoms with Gasteiger partial charge in [0.2, 0.25) is 0 Å². The quantitative estimate of drug-likeness (QED) is 0.646. The Morgan fingerprint density at radius 1 is 1.21 bits per heavy atom. The average Bonchev–Trinajstić information content (AvgIpc) is 2.92. The number of carboxylic acid groups (broad SMARTS) is 1. The van der Waals surface area contributed by atoms with Crippen LogP contribution < -0.4 is 10.5 Å². The Balaban J connectivity index is 2.06. The normalized spacial score (nSPS) is 11.4. The van der Waals surface area contributed by atoms with Crippen LogP contribution in [0.5, 0.6) is 0 Å². The second-order valence-corrected chi connectivity index (χ2v) is 5.56. The van der Waals surface area contributed by atoms with Gasteiger partial charge in [0, 0.05) is 23.5 Å². The first-order valence-electron chi connectivity index (χ1n) is 7.57. The third-order valence-corrected chi connectivity index (χ3v) is 3.57. The van der Waals surface area contributed by atoms with Crippen LogP contribution in [-0.2, 0) is 11.2 Å². The summed E-state index contributed by atoms with van der Waals surface area (Å²) in [6.45, 7) is 5.46. The van der Waals surface area contributed by atoms with Crippen LogP contribution in [0, 0.1) is 13.8 Å². The number of hydrogen-bond acceptors (Lipinski definition) is 5. The minimum Gasteiger partial charge on any atom is -0.550 e. The molecule has 1 aromatic carbocycles. The Labute approximate surface area is 140 Å². The van der Waals surface area contributed by atoms with Gasteiger partial charge in [-0.1, -0.05) is 17.7 Å². The van der Waals surface area contributed by atoms with Gasteiger partial charge in [-0.15, -0.1) is 0 Å². The summed E-state index contributed by atoms with van der Waals surface area (Å²) in [5.74, 6) is -0.255. The zero-order valence-corrected chi connectivity index (χ0v) is 13.9. The molecule has 2 rings (SSSR count). The molecule has 0 saturated heterocycles. The number of furan rings is 1. The summed E-state index contributed by atoms with van der Waals surface area (Å²) in [7, 11) is 0. The number of carbonyl (C=O) groups excluding carboxylic acids is 2. The van der Waals surface area contributed by atoms with Gasteiger partial charge in [-0.2, -0.15) is 5.10 Å². The van der Waals surface area contributed by atoms with Crippen molar-refractivity contribution in [3.63, 3.8) is 0 Å². The van der Waals surface area contributed by atoms with Gasteiger partial charge in [-0.3, -0.25) is 4.79 Å². The molecule has 1 amide bonds. The van der Waals surface area contributed by atoms with Crippen molar-refractivity contribution in [1.29, 1.82) is 0 Å². The van der Waals surface area contributed by atoms with Crippen LogP contribution in [-0.4, -0.2) is 17.6 Å². The lowest BCUT2D eigenvalue weighted by Gasteiger charge is -2.02. The molecule has 0 unspecified atom stereocenters. The third kappa shape index (κ3) is 4.55. The van der Waals surface area contributed by atoms with Gasteiger partial charge in [-0.25, -0.2) is 5.43 Å². The van der Waals surface area contributed by atoms with Crippen molar-refractivity contribution < 1.29 is 19.1 Å². The highest BCUT2D eigenvalue weighted by Gasteiger charge is 2.11. The molecular formula is C18H19N2O4-. The number of benzene rings is 1. The molecule has 0 radical (unpaired) electrons. The summed E-state index contributed by atoms with van der Waals surface area (Å²) in [5.41, 5.74) is 5.41. The van der Waals surface area contributed by atoms with E-state index in [1.807, 2.05) is 19.1 Å². The van der Waals surface area contributed by atoms with Gasteiger partial charge in [-0.05, 0) is 45.4 Å². The van der Waals surface area contributed by atoms with Crippen LogP contribution in [0.3, 0.4) is 0 Å². The van der Waals surface area contributed by atoms with E-state index in [0.717, 1.165) is 11.1 Å². The third-order valence-electron chi connectivity index (χ3n) is 3.57. The largest absolute Gasteiger partial charge is 0.550 e. The Morgan fingerprint density at radius 2 is 1.88 bits per heavy atom. The van der Waals surface area contributed by atoms with Crippen LogP contribution in [0.15, 0.2) is 39.9 Å². The highest BCUT2D eigenvalue weighted by molar-refractivity contribution is 6.01. The number of nitrogens with zero attached hydrogens (tertiary/aromatic N) is 1. The van der Waals surface area contributed by atoms with Gasteiger partial charge < -0.3 is 14.3 Å². The van der Waals surface area contributed by atoms with E-state index in [1.54, 1.807) is 32.0 Å². The van der Waals surface area contributed by atoms with E-state index in [0.29, 0.717) is 22.8 Å². The number of amides is 1. The lowest BCUT2D eigenvalue weighted by molar-refractivity contribution is -0.305. The van der Waals surface area contributed by atoms with E-state index in [1.165, 1.54) is 0 Å². The number of hydrogen-bond donors (Lipinski definition) is 1. The number of carbonyl (C=O) groups is 2. The van der Waals surface area contributed by atoms with Crippen LogP contribution in [0.1, 0.15) is 46.3 Å². The lowest BCUT2D eigenvalue weighted by atomic mass is 10.1. The molecule has 0 spiro atoms. The van der Waals surface area contributed by atoms with E-state index >= 15 is 0 Å². The molecule has 0 aliphatic carbocycles. The van der Waals surface area contributed by atoms with Gasteiger partial charge in [0.25, 0.3) is 5.91 Å². The maximum Gasteiger partial charge on any atom is 0.271 e. The van der Waals surface area contributed by atoms with E-state index in [4.69, 9.17) is 4.42 Å². The number of hydrazone groups is 1. The highest BCUT2D eigenvalue weighted by Crippen LogP contribution is 2.17. The first kappa shape index (κ1) is 17.5. The fourth-order valence-corrected chi connectivity index (χ4v) is 2.22. The van der Waals surface area contributed by atoms with Crippen molar-refractivity contribution in [2.75, 3.05) is 0 Å².